The predicted octanol–water partition coefficient (Wildman–Crippen LogP) is 3.74. The third kappa shape index (κ3) is 3.29. The molecule has 2 heteroatoms. The lowest BCUT2D eigenvalue weighted by atomic mass is 10.0. The third-order valence-electron chi connectivity index (χ3n) is 3.56. The fourth-order valence-electron chi connectivity index (χ4n) is 2.42. The monoisotopic (exact) mass is 235 g/mol. The highest BCUT2D eigenvalue weighted by atomic mass is 19.1. The number of hydrogen-bond donors (Lipinski definition) is 0. The minimum absolute atomic E-state index is 0.568. The molecular formula is C15H22FN. The molecule has 0 spiro atoms. The Morgan fingerprint density at radius 1 is 1.29 bits per heavy atom. The van der Waals surface area contributed by atoms with Gasteiger partial charge in [-0.05, 0) is 30.4 Å². The first-order valence-electron chi connectivity index (χ1n) is 6.46. The smallest absolute Gasteiger partial charge is 0.122 e. The fraction of sp³-hybridized carbons (Fsp3) is 0.600. The van der Waals surface area contributed by atoms with Gasteiger partial charge in [0.1, 0.15) is 5.67 Å². The van der Waals surface area contributed by atoms with Crippen LogP contribution in [0, 0.1) is 0 Å². The molecule has 0 N–H and O–H groups in total. The molecule has 0 aromatic heterocycles. The van der Waals surface area contributed by atoms with Gasteiger partial charge < -0.3 is 0 Å². The van der Waals surface area contributed by atoms with E-state index >= 15 is 0 Å². The summed E-state index contributed by atoms with van der Waals surface area (Å²) >= 11 is 0. The Morgan fingerprint density at radius 3 is 2.41 bits per heavy atom. The molecule has 1 heterocycles. The standard InChI is InChI=1S/C15H22FN/c1-12(2)14-6-4-13(5-7-14)10-17-9-8-15(3,16)11-17/h4-7,12H,8-11H2,1-3H3. The highest BCUT2D eigenvalue weighted by Gasteiger charge is 2.33. The summed E-state index contributed by atoms with van der Waals surface area (Å²) in [5.74, 6) is 0.574. The van der Waals surface area contributed by atoms with Crippen LogP contribution in [-0.2, 0) is 6.54 Å². The van der Waals surface area contributed by atoms with E-state index in [1.165, 1.54) is 11.1 Å². The summed E-state index contributed by atoms with van der Waals surface area (Å²) in [4.78, 5) is 2.20. The van der Waals surface area contributed by atoms with Gasteiger partial charge in [0.05, 0.1) is 0 Å². The fourth-order valence-corrected chi connectivity index (χ4v) is 2.42. The lowest BCUT2D eigenvalue weighted by Gasteiger charge is -2.17. The Kier molecular flexibility index (Phi) is 3.53. The van der Waals surface area contributed by atoms with E-state index in [1.54, 1.807) is 6.92 Å². The normalized spacial score (nSPS) is 25.7. The molecule has 0 radical (unpaired) electrons. The lowest BCUT2D eigenvalue weighted by molar-refractivity contribution is 0.186. The first-order valence-corrected chi connectivity index (χ1v) is 6.46. The van der Waals surface area contributed by atoms with Crippen molar-refractivity contribution >= 4 is 0 Å². The molecule has 94 valence electrons. The van der Waals surface area contributed by atoms with Crippen molar-refractivity contribution in [3.05, 3.63) is 35.4 Å². The second-order valence-electron chi connectivity index (χ2n) is 5.77. The molecule has 1 nitrogen and oxygen atoms in total. The Bertz CT molecular complexity index is 367. The molecule has 1 aliphatic rings. The van der Waals surface area contributed by atoms with Crippen molar-refractivity contribution in [2.45, 2.75) is 45.3 Å². The van der Waals surface area contributed by atoms with Gasteiger partial charge in [-0.25, -0.2) is 4.39 Å². The van der Waals surface area contributed by atoms with E-state index in [2.05, 4.69) is 43.0 Å². The van der Waals surface area contributed by atoms with Gasteiger partial charge in [-0.3, -0.25) is 4.90 Å². The zero-order valence-electron chi connectivity index (χ0n) is 11.0. The Balaban J connectivity index is 1.96. The quantitative estimate of drug-likeness (QED) is 0.771. The van der Waals surface area contributed by atoms with Crippen molar-refractivity contribution < 1.29 is 4.39 Å². The maximum atomic E-state index is 13.7. The summed E-state index contributed by atoms with van der Waals surface area (Å²) in [7, 11) is 0. The maximum absolute atomic E-state index is 13.7. The minimum Gasteiger partial charge on any atom is -0.296 e. The van der Waals surface area contributed by atoms with E-state index in [-0.39, 0.29) is 0 Å². The van der Waals surface area contributed by atoms with Crippen molar-refractivity contribution in [1.82, 2.24) is 4.90 Å². The number of benzene rings is 1. The van der Waals surface area contributed by atoms with Crippen LogP contribution >= 0.6 is 0 Å². The Morgan fingerprint density at radius 2 is 1.94 bits per heavy atom. The number of likely N-dealkylation sites (tertiary alicyclic amines) is 1. The van der Waals surface area contributed by atoms with Crippen LogP contribution in [0.15, 0.2) is 24.3 Å². The van der Waals surface area contributed by atoms with Crippen LogP contribution < -0.4 is 0 Å². The molecule has 0 saturated carbocycles. The van der Waals surface area contributed by atoms with Crippen LogP contribution in [-0.4, -0.2) is 23.7 Å². The van der Waals surface area contributed by atoms with E-state index in [0.29, 0.717) is 18.9 Å². The van der Waals surface area contributed by atoms with Crippen LogP contribution in [0.4, 0.5) is 4.39 Å². The topological polar surface area (TPSA) is 3.24 Å². The molecule has 0 bridgehead atoms. The number of rotatable bonds is 3. The maximum Gasteiger partial charge on any atom is 0.122 e. The molecule has 1 saturated heterocycles. The summed E-state index contributed by atoms with van der Waals surface area (Å²) < 4.78 is 13.7. The highest BCUT2D eigenvalue weighted by molar-refractivity contribution is 5.24. The molecule has 1 unspecified atom stereocenters. The SMILES string of the molecule is CC(C)c1ccc(CN2CCC(C)(F)C2)cc1. The van der Waals surface area contributed by atoms with E-state index in [0.717, 1.165) is 13.1 Å². The first-order chi connectivity index (χ1) is 7.96. The first kappa shape index (κ1) is 12.6. The number of nitrogens with zero attached hydrogens (tertiary/aromatic N) is 1. The van der Waals surface area contributed by atoms with Gasteiger partial charge in [0.25, 0.3) is 0 Å². The molecule has 1 aromatic rings. The summed E-state index contributed by atoms with van der Waals surface area (Å²) in [6, 6.07) is 8.71. The average Bonchev–Trinajstić information content (AvgIpc) is 2.59. The second kappa shape index (κ2) is 4.77. The van der Waals surface area contributed by atoms with Gasteiger partial charge in [-0.15, -0.1) is 0 Å². The molecular weight excluding hydrogens is 213 g/mol. The van der Waals surface area contributed by atoms with Gasteiger partial charge in [0.15, 0.2) is 0 Å². The van der Waals surface area contributed by atoms with Crippen LogP contribution in [0.3, 0.4) is 0 Å². The van der Waals surface area contributed by atoms with Crippen molar-refractivity contribution in [2.24, 2.45) is 0 Å². The predicted molar refractivity (Wildman–Crippen MR) is 69.9 cm³/mol. The minimum atomic E-state index is -0.988. The Labute approximate surface area is 104 Å². The van der Waals surface area contributed by atoms with Gasteiger partial charge >= 0.3 is 0 Å². The zero-order chi connectivity index (χ0) is 12.5. The van der Waals surface area contributed by atoms with Gasteiger partial charge in [-0.1, -0.05) is 38.1 Å². The van der Waals surface area contributed by atoms with Crippen molar-refractivity contribution in [3.63, 3.8) is 0 Å². The molecule has 0 amide bonds. The van der Waals surface area contributed by atoms with Crippen molar-refractivity contribution in [1.29, 1.82) is 0 Å². The van der Waals surface area contributed by atoms with Crippen LogP contribution in [0.2, 0.25) is 0 Å². The molecule has 2 rings (SSSR count). The summed E-state index contributed by atoms with van der Waals surface area (Å²) in [5, 5.41) is 0. The molecule has 1 atom stereocenters. The van der Waals surface area contributed by atoms with Crippen LogP contribution in [0.5, 0.6) is 0 Å². The average molecular weight is 235 g/mol. The van der Waals surface area contributed by atoms with Crippen LogP contribution in [0.1, 0.15) is 44.2 Å². The number of alkyl halides is 1. The third-order valence-corrected chi connectivity index (χ3v) is 3.56. The molecule has 0 aliphatic carbocycles. The van der Waals surface area contributed by atoms with Crippen LogP contribution in [0.25, 0.3) is 0 Å². The summed E-state index contributed by atoms with van der Waals surface area (Å²) in [5.41, 5.74) is 1.66. The molecule has 1 aromatic carbocycles. The molecule has 1 fully saturated rings. The highest BCUT2D eigenvalue weighted by Crippen LogP contribution is 2.26. The lowest BCUT2D eigenvalue weighted by Crippen LogP contribution is -2.25. The van der Waals surface area contributed by atoms with Gasteiger partial charge in [0.2, 0.25) is 0 Å². The van der Waals surface area contributed by atoms with Gasteiger partial charge in [0, 0.05) is 19.6 Å². The second-order valence-corrected chi connectivity index (χ2v) is 5.77. The molecule has 1 aliphatic heterocycles. The summed E-state index contributed by atoms with van der Waals surface area (Å²) in [6.07, 6.45) is 0.664. The largest absolute Gasteiger partial charge is 0.296 e. The Hall–Kier alpha value is -0.890. The number of halogens is 1. The van der Waals surface area contributed by atoms with Crippen molar-refractivity contribution in [3.8, 4) is 0 Å². The number of hydrogen-bond acceptors (Lipinski definition) is 1. The van der Waals surface area contributed by atoms with Crippen molar-refractivity contribution in [2.75, 3.05) is 13.1 Å². The van der Waals surface area contributed by atoms with E-state index < -0.39 is 5.67 Å². The van der Waals surface area contributed by atoms with E-state index in [9.17, 15) is 4.39 Å². The summed E-state index contributed by atoms with van der Waals surface area (Å²) in [6.45, 7) is 8.42. The molecule has 17 heavy (non-hydrogen) atoms. The van der Waals surface area contributed by atoms with E-state index in [1.807, 2.05) is 0 Å². The zero-order valence-corrected chi connectivity index (χ0v) is 11.0. The van der Waals surface area contributed by atoms with Gasteiger partial charge in [-0.2, -0.15) is 0 Å². The van der Waals surface area contributed by atoms with E-state index in [4.69, 9.17) is 0 Å².